The summed E-state index contributed by atoms with van der Waals surface area (Å²) in [7, 11) is 0. The summed E-state index contributed by atoms with van der Waals surface area (Å²) in [5.41, 5.74) is 0.419. The largest absolute Gasteiger partial charge is 0.460 e. The summed E-state index contributed by atoms with van der Waals surface area (Å²) in [6, 6.07) is 5.46. The van der Waals surface area contributed by atoms with Gasteiger partial charge in [0.25, 0.3) is 0 Å². The predicted molar refractivity (Wildman–Crippen MR) is 133 cm³/mol. The lowest BCUT2D eigenvalue weighted by molar-refractivity contribution is -0.160. The van der Waals surface area contributed by atoms with Gasteiger partial charge < -0.3 is 19.5 Å². The van der Waals surface area contributed by atoms with Gasteiger partial charge in [-0.05, 0) is 72.1 Å². The lowest BCUT2D eigenvalue weighted by Gasteiger charge is -2.36. The maximum Gasteiger partial charge on any atom is 0.417 e. The topological polar surface area (TPSA) is 96.4 Å². The number of carbonyl (C=O) groups excluding carboxylic acids is 3. The summed E-state index contributed by atoms with van der Waals surface area (Å²) in [6.07, 6.45) is 0.563. The van der Waals surface area contributed by atoms with Gasteiger partial charge in [0.05, 0.1) is 18.4 Å². The molecule has 194 valence electrons. The van der Waals surface area contributed by atoms with Crippen LogP contribution in [0.25, 0.3) is 0 Å². The molecule has 2 amide bonds. The van der Waals surface area contributed by atoms with Gasteiger partial charge >= 0.3 is 12.1 Å². The molecule has 1 aromatic carbocycles. The van der Waals surface area contributed by atoms with Crippen LogP contribution in [0, 0.1) is 11.8 Å². The Balaban J connectivity index is 1.81. The maximum absolute atomic E-state index is 13.0. The van der Waals surface area contributed by atoms with Crippen molar-refractivity contribution in [3.63, 3.8) is 0 Å². The molecule has 0 spiro atoms. The Labute approximate surface area is 212 Å². The van der Waals surface area contributed by atoms with E-state index in [1.807, 2.05) is 32.9 Å². The number of aliphatic hydroxyl groups excluding tert-OH is 1. The van der Waals surface area contributed by atoms with Crippen LogP contribution in [-0.4, -0.2) is 65.4 Å². The van der Waals surface area contributed by atoms with E-state index in [4.69, 9.17) is 21.1 Å². The predicted octanol–water partition coefficient (Wildman–Crippen LogP) is 4.37. The second-order valence-electron chi connectivity index (χ2n) is 11.3. The van der Waals surface area contributed by atoms with Crippen LogP contribution in [-0.2, 0) is 19.1 Å². The first-order valence-electron chi connectivity index (χ1n) is 12.1. The molecule has 0 saturated carbocycles. The third-order valence-corrected chi connectivity index (χ3v) is 6.46. The molecule has 35 heavy (non-hydrogen) atoms. The molecule has 0 radical (unpaired) electrons. The number of rotatable bonds is 4. The first-order chi connectivity index (χ1) is 16.2. The molecule has 1 N–H and O–H groups in total. The summed E-state index contributed by atoms with van der Waals surface area (Å²) < 4.78 is 11.0. The van der Waals surface area contributed by atoms with Gasteiger partial charge in [0, 0.05) is 36.3 Å². The lowest BCUT2D eigenvalue weighted by Crippen LogP contribution is -2.39. The fraction of sp³-hybridized carbons (Fsp3) is 0.654. The van der Waals surface area contributed by atoms with Crippen LogP contribution >= 0.6 is 11.6 Å². The average molecular weight is 509 g/mol. The van der Waals surface area contributed by atoms with E-state index < -0.39 is 35.0 Å². The number of hydrogen-bond donors (Lipinski definition) is 1. The second-order valence-corrected chi connectivity index (χ2v) is 11.8. The fourth-order valence-corrected chi connectivity index (χ4v) is 4.80. The van der Waals surface area contributed by atoms with Crippen molar-refractivity contribution < 1.29 is 29.0 Å². The van der Waals surface area contributed by atoms with Crippen molar-refractivity contribution in [3.8, 4) is 0 Å². The van der Waals surface area contributed by atoms with E-state index in [1.54, 1.807) is 26.8 Å². The summed E-state index contributed by atoms with van der Waals surface area (Å²) in [6.45, 7) is 11.8. The Bertz CT molecular complexity index is 960. The van der Waals surface area contributed by atoms with Crippen LogP contribution in [0.5, 0.6) is 0 Å². The van der Waals surface area contributed by atoms with E-state index in [9.17, 15) is 19.5 Å². The number of nitrogens with zero attached hydrogens (tertiary/aromatic N) is 2. The van der Waals surface area contributed by atoms with E-state index in [-0.39, 0.29) is 25.0 Å². The number of amides is 2. The van der Waals surface area contributed by atoms with Crippen molar-refractivity contribution in [2.45, 2.75) is 71.5 Å². The van der Waals surface area contributed by atoms with Crippen LogP contribution in [0.1, 0.15) is 65.9 Å². The zero-order valence-corrected chi connectivity index (χ0v) is 22.2. The summed E-state index contributed by atoms with van der Waals surface area (Å²) >= 11 is 6.34. The van der Waals surface area contributed by atoms with E-state index in [0.717, 1.165) is 16.2 Å². The Morgan fingerprint density at radius 2 is 1.66 bits per heavy atom. The van der Waals surface area contributed by atoms with Gasteiger partial charge in [0.1, 0.15) is 11.2 Å². The first kappa shape index (κ1) is 27.3. The van der Waals surface area contributed by atoms with Gasteiger partial charge in [-0.15, -0.1) is 0 Å². The number of piperidine rings is 1. The molecule has 2 aliphatic heterocycles. The Kier molecular flexibility index (Phi) is 8.06. The number of ether oxygens (including phenoxy) is 2. The highest BCUT2D eigenvalue weighted by Crippen LogP contribution is 2.41. The number of likely N-dealkylation sites (tertiary alicyclic amines) is 1. The zero-order valence-electron chi connectivity index (χ0n) is 21.5. The maximum atomic E-state index is 13.0. The minimum absolute atomic E-state index is 0.113. The fourth-order valence-electron chi connectivity index (χ4n) is 4.63. The van der Waals surface area contributed by atoms with Gasteiger partial charge in [-0.2, -0.15) is 0 Å². The number of benzene rings is 1. The number of anilines is 1. The quantitative estimate of drug-likeness (QED) is 0.603. The Morgan fingerprint density at radius 1 is 1.06 bits per heavy atom. The minimum atomic E-state index is -0.762. The Morgan fingerprint density at radius 3 is 2.20 bits per heavy atom. The standard InChI is InChI=1S/C26H37ClN2O6/c1-25(2,3)34-23(32)16-9-11-28(12-10-16)21-13-17(27)7-8-18(21)19-14-29(22(31)20(19)15-30)24(33)35-26(4,5)6/h7-8,13,16,19-20,30H,9-12,14-15H2,1-6H3/t19-,20-/m1/s1. The minimum Gasteiger partial charge on any atom is -0.460 e. The van der Waals surface area contributed by atoms with Crippen molar-refractivity contribution in [2.24, 2.45) is 11.8 Å². The van der Waals surface area contributed by atoms with E-state index >= 15 is 0 Å². The molecule has 3 rings (SSSR count). The smallest absolute Gasteiger partial charge is 0.417 e. The summed E-state index contributed by atoms with van der Waals surface area (Å²) in [5, 5.41) is 10.6. The first-order valence-corrected chi connectivity index (χ1v) is 12.5. The summed E-state index contributed by atoms with van der Waals surface area (Å²) in [4.78, 5) is 41.4. The molecule has 2 heterocycles. The molecule has 0 unspecified atom stereocenters. The van der Waals surface area contributed by atoms with Gasteiger partial charge in [-0.1, -0.05) is 17.7 Å². The number of hydrogen-bond acceptors (Lipinski definition) is 7. The number of halogens is 1. The molecular formula is C26H37ClN2O6. The molecule has 2 atom stereocenters. The molecule has 8 nitrogen and oxygen atoms in total. The van der Waals surface area contributed by atoms with Crippen molar-refractivity contribution in [3.05, 3.63) is 28.8 Å². The average Bonchev–Trinajstić information content (AvgIpc) is 3.07. The van der Waals surface area contributed by atoms with Gasteiger partial charge in [-0.3, -0.25) is 9.59 Å². The number of aliphatic hydroxyl groups is 1. The van der Waals surface area contributed by atoms with Crippen molar-refractivity contribution >= 4 is 35.3 Å². The summed E-state index contributed by atoms with van der Waals surface area (Å²) in [5.74, 6) is -1.97. The van der Waals surface area contributed by atoms with Crippen molar-refractivity contribution in [1.82, 2.24) is 4.90 Å². The van der Waals surface area contributed by atoms with Crippen LogP contribution in [0.3, 0.4) is 0 Å². The third kappa shape index (κ3) is 6.67. The van der Waals surface area contributed by atoms with Gasteiger partial charge in [-0.25, -0.2) is 9.69 Å². The second kappa shape index (κ2) is 10.3. The number of imide groups is 1. The Hall–Kier alpha value is -2.32. The molecule has 0 bridgehead atoms. The third-order valence-electron chi connectivity index (χ3n) is 6.23. The highest BCUT2D eigenvalue weighted by molar-refractivity contribution is 6.30. The highest BCUT2D eigenvalue weighted by atomic mass is 35.5. The van der Waals surface area contributed by atoms with Gasteiger partial charge in [0.15, 0.2) is 0 Å². The molecule has 0 aliphatic carbocycles. The molecule has 2 aliphatic rings. The molecule has 1 aromatic rings. The monoisotopic (exact) mass is 508 g/mol. The number of esters is 1. The van der Waals surface area contributed by atoms with Crippen molar-refractivity contribution in [1.29, 1.82) is 0 Å². The van der Waals surface area contributed by atoms with Crippen LogP contribution < -0.4 is 4.90 Å². The van der Waals surface area contributed by atoms with E-state index in [1.165, 1.54) is 0 Å². The van der Waals surface area contributed by atoms with Crippen LogP contribution in [0.4, 0.5) is 10.5 Å². The SMILES string of the molecule is CC(C)(C)OC(=O)C1CCN(c2cc(Cl)ccc2[C@H]2CN(C(=O)OC(C)(C)C)C(=O)[C@@H]2CO)CC1. The molecule has 9 heteroatoms. The lowest BCUT2D eigenvalue weighted by atomic mass is 9.87. The number of carbonyl (C=O) groups is 3. The van der Waals surface area contributed by atoms with E-state index in [0.29, 0.717) is 31.0 Å². The highest BCUT2D eigenvalue weighted by Gasteiger charge is 2.46. The van der Waals surface area contributed by atoms with Crippen molar-refractivity contribution in [2.75, 3.05) is 31.1 Å². The molecule has 0 aromatic heterocycles. The molecule has 2 saturated heterocycles. The molecular weight excluding hydrogens is 472 g/mol. The van der Waals surface area contributed by atoms with Crippen LogP contribution in [0.15, 0.2) is 18.2 Å². The molecule has 2 fully saturated rings. The van der Waals surface area contributed by atoms with E-state index in [2.05, 4.69) is 4.90 Å². The zero-order chi connectivity index (χ0) is 26.1. The normalized spacial score (nSPS) is 21.9. The van der Waals surface area contributed by atoms with Gasteiger partial charge in [0.2, 0.25) is 5.91 Å². The van der Waals surface area contributed by atoms with Crippen LogP contribution in [0.2, 0.25) is 5.02 Å².